The third kappa shape index (κ3) is 3.13. The largest absolute Gasteiger partial charge is 0.504 e. The zero-order valence-corrected chi connectivity index (χ0v) is 9.36. The van der Waals surface area contributed by atoms with Gasteiger partial charge in [0.1, 0.15) is 0 Å². The fraction of sp³-hybridized carbons (Fsp3) is 0.500. The Morgan fingerprint density at radius 1 is 1.40 bits per heavy atom. The molecule has 0 aliphatic carbocycles. The van der Waals surface area contributed by atoms with Crippen LogP contribution in [0.2, 0.25) is 0 Å². The van der Waals surface area contributed by atoms with Crippen LogP contribution in [0.5, 0.6) is 11.5 Å². The molecule has 0 aliphatic rings. The van der Waals surface area contributed by atoms with Gasteiger partial charge in [-0.3, -0.25) is 0 Å². The summed E-state index contributed by atoms with van der Waals surface area (Å²) in [6.07, 6.45) is 1.99. The minimum atomic E-state index is 0.0230. The lowest BCUT2D eigenvalue weighted by Gasteiger charge is -2.13. The fourth-order valence-corrected chi connectivity index (χ4v) is 1.51. The molecule has 84 valence electrons. The summed E-state index contributed by atoms with van der Waals surface area (Å²) in [4.78, 5) is 0. The molecule has 1 aromatic carbocycles. The van der Waals surface area contributed by atoms with Gasteiger partial charge in [-0.25, -0.2) is 0 Å². The Kier molecular flexibility index (Phi) is 4.43. The highest BCUT2D eigenvalue weighted by Gasteiger charge is 2.08. The average molecular weight is 209 g/mol. The number of rotatable bonds is 5. The summed E-state index contributed by atoms with van der Waals surface area (Å²) in [5.41, 5.74) is 7.00. The van der Waals surface area contributed by atoms with Crippen LogP contribution in [-0.4, -0.2) is 11.7 Å². The number of phenols is 1. The molecule has 15 heavy (non-hydrogen) atoms. The molecule has 0 aliphatic heterocycles. The van der Waals surface area contributed by atoms with E-state index in [-0.39, 0.29) is 11.8 Å². The van der Waals surface area contributed by atoms with E-state index in [0.29, 0.717) is 12.4 Å². The average Bonchev–Trinajstić information content (AvgIpc) is 2.22. The van der Waals surface area contributed by atoms with Crippen molar-refractivity contribution in [1.29, 1.82) is 0 Å². The maximum Gasteiger partial charge on any atom is 0.161 e. The number of hydrogen-bond acceptors (Lipinski definition) is 3. The van der Waals surface area contributed by atoms with Gasteiger partial charge < -0.3 is 15.6 Å². The lowest BCUT2D eigenvalue weighted by molar-refractivity contribution is 0.317. The van der Waals surface area contributed by atoms with Gasteiger partial charge in [0, 0.05) is 6.04 Å². The quantitative estimate of drug-likeness (QED) is 0.783. The van der Waals surface area contributed by atoms with Crippen molar-refractivity contribution in [3.8, 4) is 11.5 Å². The van der Waals surface area contributed by atoms with E-state index in [0.717, 1.165) is 18.4 Å². The topological polar surface area (TPSA) is 55.5 Å². The van der Waals surface area contributed by atoms with Crippen molar-refractivity contribution in [3.63, 3.8) is 0 Å². The zero-order chi connectivity index (χ0) is 11.3. The molecule has 3 nitrogen and oxygen atoms in total. The van der Waals surface area contributed by atoms with E-state index in [1.54, 1.807) is 6.07 Å². The molecule has 3 heteroatoms. The molecule has 1 aromatic rings. The summed E-state index contributed by atoms with van der Waals surface area (Å²) >= 11 is 0. The number of hydrogen-bond donors (Lipinski definition) is 2. The van der Waals surface area contributed by atoms with E-state index in [9.17, 15) is 5.11 Å². The Hall–Kier alpha value is -1.22. The Labute approximate surface area is 90.9 Å². The van der Waals surface area contributed by atoms with Crippen molar-refractivity contribution < 1.29 is 9.84 Å². The van der Waals surface area contributed by atoms with Crippen LogP contribution >= 0.6 is 0 Å². The van der Waals surface area contributed by atoms with E-state index < -0.39 is 0 Å². The summed E-state index contributed by atoms with van der Waals surface area (Å²) in [5, 5.41) is 9.51. The molecule has 0 fully saturated rings. The lowest BCUT2D eigenvalue weighted by atomic mass is 10.0. The van der Waals surface area contributed by atoms with Gasteiger partial charge in [-0.15, -0.1) is 0 Å². The Balaban J connectivity index is 2.86. The third-order valence-corrected chi connectivity index (χ3v) is 2.31. The van der Waals surface area contributed by atoms with Crippen molar-refractivity contribution in [3.05, 3.63) is 23.8 Å². The summed E-state index contributed by atoms with van der Waals surface area (Å²) < 4.78 is 5.30. The van der Waals surface area contributed by atoms with Gasteiger partial charge in [-0.05, 0) is 31.0 Å². The highest BCUT2D eigenvalue weighted by molar-refractivity contribution is 5.42. The number of ether oxygens (including phenoxy) is 1. The maximum atomic E-state index is 9.51. The molecule has 1 atom stereocenters. The Morgan fingerprint density at radius 3 is 2.73 bits per heavy atom. The summed E-state index contributed by atoms with van der Waals surface area (Å²) in [7, 11) is 0. The molecule has 0 bridgehead atoms. The van der Waals surface area contributed by atoms with Crippen LogP contribution in [0.3, 0.4) is 0 Å². The van der Waals surface area contributed by atoms with Crippen LogP contribution in [0.1, 0.15) is 38.3 Å². The normalized spacial score (nSPS) is 12.5. The van der Waals surface area contributed by atoms with Gasteiger partial charge in [-0.1, -0.05) is 19.4 Å². The fourth-order valence-electron chi connectivity index (χ4n) is 1.51. The second-order valence-electron chi connectivity index (χ2n) is 3.56. The smallest absolute Gasteiger partial charge is 0.161 e. The van der Waals surface area contributed by atoms with Crippen molar-refractivity contribution in [2.45, 2.75) is 32.7 Å². The Bertz CT molecular complexity index is 312. The molecule has 1 rings (SSSR count). The Morgan fingerprint density at radius 2 is 2.13 bits per heavy atom. The lowest BCUT2D eigenvalue weighted by Crippen LogP contribution is -2.09. The number of aromatic hydroxyl groups is 1. The van der Waals surface area contributed by atoms with Crippen molar-refractivity contribution >= 4 is 0 Å². The minimum Gasteiger partial charge on any atom is -0.504 e. The third-order valence-electron chi connectivity index (χ3n) is 2.31. The second-order valence-corrected chi connectivity index (χ2v) is 3.56. The SMILES string of the molecule is CCC[C@@H](N)c1ccc(O)c(OCC)c1. The van der Waals surface area contributed by atoms with Crippen molar-refractivity contribution in [2.24, 2.45) is 5.73 Å². The van der Waals surface area contributed by atoms with E-state index in [1.165, 1.54) is 0 Å². The molecule has 0 amide bonds. The highest BCUT2D eigenvalue weighted by Crippen LogP contribution is 2.29. The van der Waals surface area contributed by atoms with Gasteiger partial charge in [0.15, 0.2) is 11.5 Å². The molecule has 3 N–H and O–H groups in total. The van der Waals surface area contributed by atoms with Crippen LogP contribution in [0.25, 0.3) is 0 Å². The first-order chi connectivity index (χ1) is 7.19. The highest BCUT2D eigenvalue weighted by atomic mass is 16.5. The first-order valence-electron chi connectivity index (χ1n) is 5.40. The van der Waals surface area contributed by atoms with Gasteiger partial charge in [0.05, 0.1) is 6.61 Å². The molecule has 0 saturated heterocycles. The van der Waals surface area contributed by atoms with E-state index >= 15 is 0 Å². The number of nitrogens with two attached hydrogens (primary N) is 1. The van der Waals surface area contributed by atoms with E-state index in [1.807, 2.05) is 19.1 Å². The maximum absolute atomic E-state index is 9.51. The predicted molar refractivity (Wildman–Crippen MR) is 61.1 cm³/mol. The van der Waals surface area contributed by atoms with Gasteiger partial charge >= 0.3 is 0 Å². The van der Waals surface area contributed by atoms with Crippen LogP contribution in [0.15, 0.2) is 18.2 Å². The van der Waals surface area contributed by atoms with Crippen LogP contribution in [0, 0.1) is 0 Å². The predicted octanol–water partition coefficient (Wildman–Crippen LogP) is 2.59. The van der Waals surface area contributed by atoms with Gasteiger partial charge in [0.2, 0.25) is 0 Å². The molecule has 0 spiro atoms. The molecule has 0 saturated carbocycles. The summed E-state index contributed by atoms with van der Waals surface area (Å²) in [6.45, 7) is 4.53. The number of benzene rings is 1. The van der Waals surface area contributed by atoms with Gasteiger partial charge in [0.25, 0.3) is 0 Å². The molecule has 0 heterocycles. The monoisotopic (exact) mass is 209 g/mol. The first-order valence-corrected chi connectivity index (χ1v) is 5.40. The molecular formula is C12H19NO2. The van der Waals surface area contributed by atoms with E-state index in [4.69, 9.17) is 10.5 Å². The molecule has 0 unspecified atom stereocenters. The van der Waals surface area contributed by atoms with E-state index in [2.05, 4.69) is 6.92 Å². The van der Waals surface area contributed by atoms with Gasteiger partial charge in [-0.2, -0.15) is 0 Å². The molecular weight excluding hydrogens is 190 g/mol. The first kappa shape index (κ1) is 11.9. The second kappa shape index (κ2) is 5.61. The van der Waals surface area contributed by atoms with Crippen molar-refractivity contribution in [1.82, 2.24) is 0 Å². The van der Waals surface area contributed by atoms with Crippen LogP contribution < -0.4 is 10.5 Å². The summed E-state index contributed by atoms with van der Waals surface area (Å²) in [6, 6.07) is 5.32. The minimum absolute atomic E-state index is 0.0230. The zero-order valence-electron chi connectivity index (χ0n) is 9.36. The molecule has 0 aromatic heterocycles. The van der Waals surface area contributed by atoms with Crippen LogP contribution in [0.4, 0.5) is 0 Å². The van der Waals surface area contributed by atoms with Crippen molar-refractivity contribution in [2.75, 3.05) is 6.61 Å². The summed E-state index contributed by atoms with van der Waals surface area (Å²) in [5.74, 6) is 0.686. The van der Waals surface area contributed by atoms with Crippen LogP contribution in [-0.2, 0) is 0 Å². The number of phenolic OH excluding ortho intramolecular Hbond substituents is 1. The standard InChI is InChI=1S/C12H19NO2/c1-3-5-10(13)9-6-7-11(14)12(8-9)15-4-2/h6-8,10,14H,3-5,13H2,1-2H3/t10-/m1/s1. The molecule has 0 radical (unpaired) electrons.